The molecule has 0 radical (unpaired) electrons. The Morgan fingerprint density at radius 2 is 2.38 bits per heavy atom. The molecule has 0 amide bonds. The summed E-state index contributed by atoms with van der Waals surface area (Å²) in [6.45, 7) is 2.55. The van der Waals surface area contributed by atoms with Gasteiger partial charge in [0.2, 0.25) is 0 Å². The van der Waals surface area contributed by atoms with E-state index in [0.29, 0.717) is 6.73 Å². The second-order valence-corrected chi connectivity index (χ2v) is 1.72. The summed E-state index contributed by atoms with van der Waals surface area (Å²) in [7, 11) is 1.61. The molecule has 0 spiro atoms. The van der Waals surface area contributed by atoms with Gasteiger partial charge in [-0.1, -0.05) is 0 Å². The van der Waals surface area contributed by atoms with E-state index in [1.54, 1.807) is 7.11 Å². The summed E-state index contributed by atoms with van der Waals surface area (Å²) >= 11 is 0. The second-order valence-electron chi connectivity index (χ2n) is 1.72. The first-order chi connectivity index (χ1) is 3.81. The number of aliphatic hydroxyl groups is 1. The molecule has 0 aromatic carbocycles. The Kier molecular flexibility index (Phi) is 4.95. The highest BCUT2D eigenvalue weighted by Crippen LogP contribution is 1.74. The number of hydrogen-bond donors (Lipinski definition) is 2. The maximum absolute atomic E-state index is 8.44. The molecule has 2 N–H and O–H groups in total. The summed E-state index contributed by atoms with van der Waals surface area (Å²) in [5.74, 6) is 0. The van der Waals surface area contributed by atoms with Crippen LogP contribution in [0.5, 0.6) is 0 Å². The molecule has 0 fully saturated rings. The lowest BCUT2D eigenvalue weighted by Gasteiger charge is -2.07. The maximum Gasteiger partial charge on any atom is 0.0964 e. The Morgan fingerprint density at radius 3 is 2.75 bits per heavy atom. The van der Waals surface area contributed by atoms with Gasteiger partial charge in [-0.25, -0.2) is 0 Å². The predicted molar refractivity (Wildman–Crippen MR) is 31.6 cm³/mol. The summed E-state index contributed by atoms with van der Waals surface area (Å²) in [5, 5.41) is 11.4. The van der Waals surface area contributed by atoms with Crippen LogP contribution < -0.4 is 5.32 Å². The van der Waals surface area contributed by atoms with E-state index >= 15 is 0 Å². The quantitative estimate of drug-likeness (QED) is 0.493. The minimum atomic E-state index is 0.134. The van der Waals surface area contributed by atoms with E-state index in [2.05, 4.69) is 5.32 Å². The standard InChI is InChI=1S/C5H13NO2/c1-5(3-7)6-4-8-2/h5-7H,3-4H2,1-2H3. The number of aliphatic hydroxyl groups excluding tert-OH is 1. The monoisotopic (exact) mass is 119 g/mol. The van der Waals surface area contributed by atoms with Crippen molar-refractivity contribution >= 4 is 0 Å². The van der Waals surface area contributed by atoms with Crippen LogP contribution in [0.15, 0.2) is 0 Å². The minimum Gasteiger partial charge on any atom is -0.395 e. The van der Waals surface area contributed by atoms with Gasteiger partial charge in [0.25, 0.3) is 0 Å². The topological polar surface area (TPSA) is 41.5 Å². The van der Waals surface area contributed by atoms with Gasteiger partial charge >= 0.3 is 0 Å². The smallest absolute Gasteiger partial charge is 0.0964 e. The molecule has 0 saturated carbocycles. The zero-order valence-electron chi connectivity index (χ0n) is 5.35. The average Bonchev–Trinajstić information content (AvgIpc) is 1.83. The van der Waals surface area contributed by atoms with Crippen LogP contribution in [-0.4, -0.2) is 31.6 Å². The minimum absolute atomic E-state index is 0.134. The third kappa shape index (κ3) is 4.05. The van der Waals surface area contributed by atoms with E-state index in [9.17, 15) is 0 Å². The van der Waals surface area contributed by atoms with Crippen LogP contribution in [0.3, 0.4) is 0 Å². The Bertz CT molecular complexity index is 49.7. The fraction of sp³-hybridized carbons (Fsp3) is 1.00. The number of methoxy groups -OCH3 is 1. The third-order valence-corrected chi connectivity index (χ3v) is 0.850. The highest BCUT2D eigenvalue weighted by Gasteiger charge is 1.93. The molecule has 0 aliphatic carbocycles. The molecule has 0 aromatic heterocycles. The lowest BCUT2D eigenvalue weighted by atomic mass is 10.4. The summed E-state index contributed by atoms with van der Waals surface area (Å²) in [5.41, 5.74) is 0. The van der Waals surface area contributed by atoms with Gasteiger partial charge in [0.1, 0.15) is 0 Å². The van der Waals surface area contributed by atoms with Crippen molar-refractivity contribution in [3.8, 4) is 0 Å². The Hall–Kier alpha value is -0.120. The molecule has 0 bridgehead atoms. The van der Waals surface area contributed by atoms with E-state index in [0.717, 1.165) is 0 Å². The van der Waals surface area contributed by atoms with Crippen LogP contribution in [0.4, 0.5) is 0 Å². The highest BCUT2D eigenvalue weighted by molar-refractivity contribution is 4.52. The maximum atomic E-state index is 8.44. The molecule has 0 aromatic rings. The van der Waals surface area contributed by atoms with Crippen LogP contribution in [0.25, 0.3) is 0 Å². The summed E-state index contributed by atoms with van der Waals surface area (Å²) in [6.07, 6.45) is 0. The van der Waals surface area contributed by atoms with E-state index in [4.69, 9.17) is 9.84 Å². The van der Waals surface area contributed by atoms with Gasteiger partial charge < -0.3 is 9.84 Å². The molecule has 0 rings (SSSR count). The molecule has 1 atom stereocenters. The van der Waals surface area contributed by atoms with Crippen molar-refractivity contribution in [1.29, 1.82) is 0 Å². The van der Waals surface area contributed by atoms with E-state index < -0.39 is 0 Å². The Balaban J connectivity index is 2.86. The van der Waals surface area contributed by atoms with E-state index in [1.165, 1.54) is 0 Å². The number of hydrogen-bond acceptors (Lipinski definition) is 3. The summed E-state index contributed by atoms with van der Waals surface area (Å²) < 4.78 is 4.69. The Labute approximate surface area is 49.7 Å². The molecular weight excluding hydrogens is 106 g/mol. The van der Waals surface area contributed by atoms with Crippen molar-refractivity contribution < 1.29 is 9.84 Å². The van der Waals surface area contributed by atoms with Crippen LogP contribution in [-0.2, 0) is 4.74 Å². The molecule has 50 valence electrons. The van der Waals surface area contributed by atoms with Gasteiger partial charge in [0.05, 0.1) is 13.3 Å². The second kappa shape index (κ2) is 5.03. The molecular formula is C5H13NO2. The van der Waals surface area contributed by atoms with Gasteiger partial charge in [-0.3, -0.25) is 5.32 Å². The normalized spacial score (nSPS) is 13.9. The van der Waals surface area contributed by atoms with Crippen LogP contribution in [0, 0.1) is 0 Å². The van der Waals surface area contributed by atoms with Crippen molar-refractivity contribution in [2.45, 2.75) is 13.0 Å². The fourth-order valence-electron chi connectivity index (χ4n) is 0.290. The molecule has 0 heterocycles. The number of rotatable bonds is 4. The molecule has 0 aliphatic heterocycles. The molecule has 0 saturated heterocycles. The lowest BCUT2D eigenvalue weighted by molar-refractivity contribution is 0.147. The molecule has 0 aliphatic rings. The zero-order valence-corrected chi connectivity index (χ0v) is 5.35. The van der Waals surface area contributed by atoms with Crippen molar-refractivity contribution in [1.82, 2.24) is 5.32 Å². The molecule has 3 nitrogen and oxygen atoms in total. The van der Waals surface area contributed by atoms with Crippen molar-refractivity contribution in [2.75, 3.05) is 20.4 Å². The average molecular weight is 119 g/mol. The van der Waals surface area contributed by atoms with Gasteiger partial charge in [-0.15, -0.1) is 0 Å². The van der Waals surface area contributed by atoms with Gasteiger partial charge in [0.15, 0.2) is 0 Å². The van der Waals surface area contributed by atoms with Gasteiger partial charge in [0, 0.05) is 13.2 Å². The largest absolute Gasteiger partial charge is 0.395 e. The van der Waals surface area contributed by atoms with Gasteiger partial charge in [-0.05, 0) is 6.92 Å². The van der Waals surface area contributed by atoms with Crippen LogP contribution in [0.2, 0.25) is 0 Å². The van der Waals surface area contributed by atoms with E-state index in [-0.39, 0.29) is 12.6 Å². The first-order valence-corrected chi connectivity index (χ1v) is 2.64. The summed E-state index contributed by atoms with van der Waals surface area (Å²) in [6, 6.07) is 0.134. The third-order valence-electron chi connectivity index (χ3n) is 0.850. The van der Waals surface area contributed by atoms with E-state index in [1.807, 2.05) is 6.92 Å². The van der Waals surface area contributed by atoms with Crippen molar-refractivity contribution in [3.05, 3.63) is 0 Å². The van der Waals surface area contributed by atoms with Crippen LogP contribution in [0.1, 0.15) is 6.92 Å². The van der Waals surface area contributed by atoms with Gasteiger partial charge in [-0.2, -0.15) is 0 Å². The molecule has 3 heteroatoms. The van der Waals surface area contributed by atoms with Crippen molar-refractivity contribution in [3.63, 3.8) is 0 Å². The highest BCUT2D eigenvalue weighted by atomic mass is 16.5. The SMILES string of the molecule is COCNC(C)CO. The first-order valence-electron chi connectivity index (χ1n) is 2.64. The van der Waals surface area contributed by atoms with Crippen molar-refractivity contribution in [2.24, 2.45) is 0 Å². The molecule has 1 unspecified atom stereocenters. The van der Waals surface area contributed by atoms with Crippen LogP contribution >= 0.6 is 0 Å². The Morgan fingerprint density at radius 1 is 1.75 bits per heavy atom. The number of nitrogens with one attached hydrogen (secondary N) is 1. The molecule has 8 heavy (non-hydrogen) atoms. The summed E-state index contributed by atoms with van der Waals surface area (Å²) in [4.78, 5) is 0. The number of ether oxygens (including phenoxy) is 1. The lowest BCUT2D eigenvalue weighted by Crippen LogP contribution is -2.30. The predicted octanol–water partition coefficient (Wildman–Crippen LogP) is -0.439. The fourth-order valence-corrected chi connectivity index (χ4v) is 0.290. The zero-order chi connectivity index (χ0) is 6.41. The first kappa shape index (κ1) is 7.88.